The Morgan fingerprint density at radius 2 is 1.95 bits per heavy atom. The summed E-state index contributed by atoms with van der Waals surface area (Å²) in [6.45, 7) is 1.92. The highest BCUT2D eigenvalue weighted by molar-refractivity contribution is 6.30. The molecule has 7 heteroatoms. The largest absolute Gasteiger partial charge is 0.480 e. The van der Waals surface area contributed by atoms with Gasteiger partial charge in [0, 0.05) is 17.8 Å². The summed E-state index contributed by atoms with van der Waals surface area (Å²) in [5, 5.41) is 13.7. The molecule has 1 N–H and O–H groups in total. The molecule has 1 aromatic carbocycles. The van der Waals surface area contributed by atoms with Crippen LogP contribution in [0.15, 0.2) is 36.5 Å². The number of hydrogen-bond acceptors (Lipinski definition) is 3. The second kappa shape index (κ2) is 7.09. The molecule has 0 spiro atoms. The van der Waals surface area contributed by atoms with E-state index in [2.05, 4.69) is 5.10 Å². The molecule has 0 fully saturated rings. The lowest BCUT2D eigenvalue weighted by Crippen LogP contribution is -2.36. The fourth-order valence-corrected chi connectivity index (χ4v) is 2.15. The monoisotopic (exact) mass is 321 g/mol. The molecular weight excluding hydrogens is 306 g/mol. The molecule has 1 aromatic heterocycles. The van der Waals surface area contributed by atoms with Gasteiger partial charge in [-0.1, -0.05) is 18.5 Å². The fourth-order valence-electron chi connectivity index (χ4n) is 2.02. The predicted octanol–water partition coefficient (Wildman–Crippen LogP) is 2.46. The molecule has 0 aliphatic carbocycles. The molecule has 1 amide bonds. The molecule has 0 atom stereocenters. The summed E-state index contributed by atoms with van der Waals surface area (Å²) in [5.74, 6) is -1.43. The maximum atomic E-state index is 12.3. The van der Waals surface area contributed by atoms with Crippen molar-refractivity contribution < 1.29 is 14.7 Å². The average molecular weight is 322 g/mol. The molecule has 0 bridgehead atoms. The number of benzene rings is 1. The zero-order valence-electron chi connectivity index (χ0n) is 12.1. The van der Waals surface area contributed by atoms with Gasteiger partial charge in [0.1, 0.15) is 6.54 Å². The maximum absolute atomic E-state index is 12.3. The van der Waals surface area contributed by atoms with Gasteiger partial charge < -0.3 is 10.0 Å². The van der Waals surface area contributed by atoms with Crippen molar-refractivity contribution >= 4 is 23.5 Å². The van der Waals surface area contributed by atoms with E-state index >= 15 is 0 Å². The molecule has 0 unspecified atom stereocenters. The van der Waals surface area contributed by atoms with Crippen molar-refractivity contribution in [2.45, 2.75) is 13.3 Å². The summed E-state index contributed by atoms with van der Waals surface area (Å²) >= 11 is 5.83. The third-order valence-electron chi connectivity index (χ3n) is 3.01. The Kier molecular flexibility index (Phi) is 5.16. The van der Waals surface area contributed by atoms with Crippen molar-refractivity contribution in [2.24, 2.45) is 0 Å². The van der Waals surface area contributed by atoms with E-state index in [1.54, 1.807) is 41.2 Å². The first kappa shape index (κ1) is 16.0. The van der Waals surface area contributed by atoms with Gasteiger partial charge in [0.2, 0.25) is 0 Å². The smallest absolute Gasteiger partial charge is 0.323 e. The average Bonchev–Trinajstić information content (AvgIpc) is 2.96. The number of carbonyl (C=O) groups excluding carboxylic acids is 1. The van der Waals surface area contributed by atoms with Crippen molar-refractivity contribution in [3.63, 3.8) is 0 Å². The van der Waals surface area contributed by atoms with Gasteiger partial charge >= 0.3 is 5.97 Å². The van der Waals surface area contributed by atoms with Crippen LogP contribution >= 0.6 is 11.6 Å². The summed E-state index contributed by atoms with van der Waals surface area (Å²) < 4.78 is 1.55. The molecule has 0 aliphatic heterocycles. The van der Waals surface area contributed by atoms with Crippen LogP contribution in [0.5, 0.6) is 0 Å². The van der Waals surface area contributed by atoms with E-state index in [0.29, 0.717) is 18.0 Å². The van der Waals surface area contributed by atoms with Crippen LogP contribution in [0.25, 0.3) is 5.69 Å². The van der Waals surface area contributed by atoms with E-state index in [9.17, 15) is 9.59 Å². The molecule has 6 nitrogen and oxygen atoms in total. The predicted molar refractivity (Wildman–Crippen MR) is 82.4 cm³/mol. The molecule has 2 aromatic rings. The number of aliphatic carboxylic acids is 1. The number of nitrogens with zero attached hydrogens (tertiary/aromatic N) is 3. The number of carboxylic acid groups (broad SMARTS) is 1. The third kappa shape index (κ3) is 3.85. The molecule has 0 saturated carbocycles. The van der Waals surface area contributed by atoms with Crippen molar-refractivity contribution in [1.29, 1.82) is 0 Å². The van der Waals surface area contributed by atoms with Crippen LogP contribution in [0, 0.1) is 0 Å². The molecule has 0 saturated heterocycles. The number of hydrogen-bond donors (Lipinski definition) is 1. The molecule has 0 radical (unpaired) electrons. The Labute approximate surface area is 132 Å². The minimum atomic E-state index is -1.04. The summed E-state index contributed by atoms with van der Waals surface area (Å²) in [5.41, 5.74) is 0.980. The van der Waals surface area contributed by atoms with Crippen LogP contribution in [-0.2, 0) is 4.79 Å². The van der Waals surface area contributed by atoms with Gasteiger partial charge in [0.25, 0.3) is 5.91 Å². The summed E-state index contributed by atoms with van der Waals surface area (Å²) in [6.07, 6.45) is 2.33. The number of carboxylic acids is 1. The van der Waals surface area contributed by atoms with E-state index in [1.807, 2.05) is 6.92 Å². The molecule has 22 heavy (non-hydrogen) atoms. The normalized spacial score (nSPS) is 10.5. The highest BCUT2D eigenvalue weighted by atomic mass is 35.5. The van der Waals surface area contributed by atoms with Crippen LogP contribution in [-0.4, -0.2) is 44.8 Å². The van der Waals surface area contributed by atoms with E-state index in [1.165, 1.54) is 4.90 Å². The standard InChI is InChI=1S/C15H16ClN3O3/c1-2-8-18(10-14(20)21)15(22)13-7-9-19(17-13)12-5-3-11(16)4-6-12/h3-7,9H,2,8,10H2,1H3,(H,20,21). The Morgan fingerprint density at radius 1 is 1.27 bits per heavy atom. The van der Waals surface area contributed by atoms with Gasteiger partial charge in [0.15, 0.2) is 5.69 Å². The van der Waals surface area contributed by atoms with E-state index in [4.69, 9.17) is 16.7 Å². The first-order valence-corrected chi connectivity index (χ1v) is 7.21. The zero-order valence-corrected chi connectivity index (χ0v) is 12.8. The highest BCUT2D eigenvalue weighted by Gasteiger charge is 2.20. The van der Waals surface area contributed by atoms with Gasteiger partial charge in [-0.15, -0.1) is 0 Å². The number of carbonyl (C=O) groups is 2. The third-order valence-corrected chi connectivity index (χ3v) is 3.26. The topological polar surface area (TPSA) is 75.4 Å². The van der Waals surface area contributed by atoms with Crippen LogP contribution < -0.4 is 0 Å². The number of amides is 1. The lowest BCUT2D eigenvalue weighted by molar-refractivity contribution is -0.137. The minimum absolute atomic E-state index is 0.213. The van der Waals surface area contributed by atoms with Crippen molar-refractivity contribution in [2.75, 3.05) is 13.1 Å². The Bertz CT molecular complexity index is 667. The van der Waals surface area contributed by atoms with E-state index in [0.717, 1.165) is 5.69 Å². The maximum Gasteiger partial charge on any atom is 0.323 e. The molecule has 0 aliphatic rings. The van der Waals surface area contributed by atoms with Crippen LogP contribution in [0.1, 0.15) is 23.8 Å². The fraction of sp³-hybridized carbons (Fsp3) is 0.267. The van der Waals surface area contributed by atoms with Crippen LogP contribution in [0.3, 0.4) is 0 Å². The number of halogens is 1. The van der Waals surface area contributed by atoms with Crippen LogP contribution in [0.2, 0.25) is 5.02 Å². The van der Waals surface area contributed by atoms with E-state index < -0.39 is 11.9 Å². The molecular formula is C15H16ClN3O3. The van der Waals surface area contributed by atoms with Gasteiger partial charge in [-0.3, -0.25) is 9.59 Å². The van der Waals surface area contributed by atoms with E-state index in [-0.39, 0.29) is 12.2 Å². The molecule has 1 heterocycles. The van der Waals surface area contributed by atoms with Gasteiger partial charge in [0.05, 0.1) is 5.69 Å². The summed E-state index contributed by atoms with van der Waals surface area (Å²) in [4.78, 5) is 24.5. The van der Waals surface area contributed by atoms with Crippen molar-refractivity contribution in [3.8, 4) is 5.69 Å². The zero-order chi connectivity index (χ0) is 16.1. The number of aromatic nitrogens is 2. The SMILES string of the molecule is CCCN(CC(=O)O)C(=O)c1ccn(-c2ccc(Cl)cc2)n1. The summed E-state index contributed by atoms with van der Waals surface area (Å²) in [6, 6.07) is 8.60. The first-order chi connectivity index (χ1) is 10.5. The quantitative estimate of drug-likeness (QED) is 0.886. The Morgan fingerprint density at radius 3 is 2.55 bits per heavy atom. The van der Waals surface area contributed by atoms with Crippen LogP contribution in [0.4, 0.5) is 0 Å². The highest BCUT2D eigenvalue weighted by Crippen LogP contribution is 2.13. The Hall–Kier alpha value is -2.34. The second-order valence-electron chi connectivity index (χ2n) is 4.74. The summed E-state index contributed by atoms with van der Waals surface area (Å²) in [7, 11) is 0. The molecule has 116 valence electrons. The van der Waals surface area contributed by atoms with Crippen molar-refractivity contribution in [1.82, 2.24) is 14.7 Å². The first-order valence-electron chi connectivity index (χ1n) is 6.84. The lowest BCUT2D eigenvalue weighted by Gasteiger charge is -2.18. The number of rotatable bonds is 6. The minimum Gasteiger partial charge on any atom is -0.480 e. The lowest BCUT2D eigenvalue weighted by atomic mass is 10.3. The second-order valence-corrected chi connectivity index (χ2v) is 5.18. The van der Waals surface area contributed by atoms with Gasteiger partial charge in [-0.05, 0) is 36.8 Å². The Balaban J connectivity index is 2.20. The van der Waals surface area contributed by atoms with Gasteiger partial charge in [-0.25, -0.2) is 4.68 Å². The molecule has 2 rings (SSSR count). The van der Waals surface area contributed by atoms with Crippen molar-refractivity contribution in [3.05, 3.63) is 47.2 Å². The van der Waals surface area contributed by atoms with Gasteiger partial charge in [-0.2, -0.15) is 5.10 Å².